The highest BCUT2D eigenvalue weighted by atomic mass is 19.1. The van der Waals surface area contributed by atoms with Gasteiger partial charge in [-0.1, -0.05) is 0 Å². The SMILES string of the molecule is O=CNC[C@@H](O)COc1ncc(F)cc1[C@H]1CCCN1C1=NC2C#CC=NN2C=C1. The van der Waals surface area contributed by atoms with Gasteiger partial charge in [0.05, 0.1) is 18.5 Å². The van der Waals surface area contributed by atoms with Crippen LogP contribution in [0.4, 0.5) is 4.39 Å². The Kier molecular flexibility index (Phi) is 5.90. The number of hydrogen-bond donors (Lipinski definition) is 2. The average molecular weight is 412 g/mol. The van der Waals surface area contributed by atoms with E-state index in [0.29, 0.717) is 12.0 Å². The zero-order valence-corrected chi connectivity index (χ0v) is 16.1. The van der Waals surface area contributed by atoms with Gasteiger partial charge in [0.15, 0.2) is 0 Å². The van der Waals surface area contributed by atoms with Gasteiger partial charge < -0.3 is 20.1 Å². The van der Waals surface area contributed by atoms with Crippen molar-refractivity contribution < 1.29 is 19.0 Å². The number of carbonyl (C=O) groups is 1. The number of rotatable bonds is 7. The minimum atomic E-state index is -0.906. The Balaban J connectivity index is 1.54. The summed E-state index contributed by atoms with van der Waals surface area (Å²) in [7, 11) is 0. The summed E-state index contributed by atoms with van der Waals surface area (Å²) < 4.78 is 19.7. The molecular weight excluding hydrogens is 391 g/mol. The van der Waals surface area contributed by atoms with Gasteiger partial charge in [-0.2, -0.15) is 5.10 Å². The first-order valence-corrected chi connectivity index (χ1v) is 9.63. The van der Waals surface area contributed by atoms with Gasteiger partial charge in [-0.25, -0.2) is 19.4 Å². The first-order chi connectivity index (χ1) is 14.7. The van der Waals surface area contributed by atoms with E-state index < -0.39 is 11.9 Å². The summed E-state index contributed by atoms with van der Waals surface area (Å²) in [4.78, 5) is 21.2. The molecule has 1 amide bonds. The molecule has 1 aromatic rings. The molecule has 1 unspecified atom stereocenters. The van der Waals surface area contributed by atoms with E-state index in [9.17, 15) is 14.3 Å². The van der Waals surface area contributed by atoms with Gasteiger partial charge in [0, 0.05) is 24.9 Å². The smallest absolute Gasteiger partial charge is 0.218 e. The van der Waals surface area contributed by atoms with E-state index in [-0.39, 0.29) is 31.2 Å². The number of hydrazone groups is 1. The first-order valence-electron chi connectivity index (χ1n) is 9.63. The Morgan fingerprint density at radius 3 is 3.27 bits per heavy atom. The van der Waals surface area contributed by atoms with Crippen molar-refractivity contribution in [2.45, 2.75) is 31.2 Å². The van der Waals surface area contributed by atoms with Crippen LogP contribution in [0.5, 0.6) is 5.88 Å². The van der Waals surface area contributed by atoms with Gasteiger partial charge >= 0.3 is 0 Å². The maximum atomic E-state index is 14.0. The maximum Gasteiger partial charge on any atom is 0.218 e. The average Bonchev–Trinajstić information content (AvgIpc) is 3.26. The quantitative estimate of drug-likeness (QED) is 0.497. The predicted molar refractivity (Wildman–Crippen MR) is 107 cm³/mol. The summed E-state index contributed by atoms with van der Waals surface area (Å²) in [6.45, 7) is 0.725. The monoisotopic (exact) mass is 412 g/mol. The number of aliphatic hydroxyl groups excluding tert-OH is 1. The zero-order chi connectivity index (χ0) is 20.9. The number of pyridine rings is 1. The molecule has 1 fully saturated rings. The number of aliphatic hydroxyl groups is 1. The van der Waals surface area contributed by atoms with Crippen LogP contribution in [0.15, 0.2) is 34.6 Å². The number of fused-ring (bicyclic) bond motifs is 1. The van der Waals surface area contributed by atoms with Crippen LogP contribution in [0.25, 0.3) is 0 Å². The molecule has 0 bridgehead atoms. The van der Waals surface area contributed by atoms with E-state index in [1.165, 1.54) is 12.3 Å². The summed E-state index contributed by atoms with van der Waals surface area (Å²) in [5.41, 5.74) is 0.592. The molecular formula is C20H21FN6O3. The zero-order valence-electron chi connectivity index (χ0n) is 16.1. The maximum absolute atomic E-state index is 14.0. The Morgan fingerprint density at radius 2 is 2.40 bits per heavy atom. The van der Waals surface area contributed by atoms with Crippen molar-refractivity contribution in [3.63, 3.8) is 0 Å². The number of carbonyl (C=O) groups excluding carboxylic acids is 1. The normalized spacial score (nSPS) is 22.7. The van der Waals surface area contributed by atoms with Gasteiger partial charge in [0.25, 0.3) is 0 Å². The third kappa shape index (κ3) is 4.26. The van der Waals surface area contributed by atoms with Crippen LogP contribution in [-0.4, -0.2) is 70.4 Å². The summed E-state index contributed by atoms with van der Waals surface area (Å²) in [5, 5.41) is 18.1. The third-order valence-corrected chi connectivity index (χ3v) is 4.95. The summed E-state index contributed by atoms with van der Waals surface area (Å²) in [5.74, 6) is 6.36. The third-order valence-electron chi connectivity index (χ3n) is 4.95. The number of aliphatic imine (C=N–C) groups is 1. The van der Waals surface area contributed by atoms with E-state index in [0.717, 1.165) is 31.4 Å². The molecule has 1 aromatic heterocycles. The van der Waals surface area contributed by atoms with Crippen LogP contribution >= 0.6 is 0 Å². The fourth-order valence-electron chi connectivity index (χ4n) is 3.61. The highest BCUT2D eigenvalue weighted by Gasteiger charge is 2.33. The number of ether oxygens (including phenoxy) is 1. The van der Waals surface area contributed by atoms with Crippen LogP contribution in [0.3, 0.4) is 0 Å². The van der Waals surface area contributed by atoms with Crippen molar-refractivity contribution in [1.82, 2.24) is 20.2 Å². The van der Waals surface area contributed by atoms with Crippen LogP contribution < -0.4 is 10.1 Å². The highest BCUT2D eigenvalue weighted by molar-refractivity contribution is 5.94. The molecule has 30 heavy (non-hydrogen) atoms. The molecule has 0 radical (unpaired) electrons. The van der Waals surface area contributed by atoms with E-state index in [2.05, 4.69) is 37.1 Å². The fourth-order valence-corrected chi connectivity index (χ4v) is 3.61. The topological polar surface area (TPSA) is 103 Å². The Morgan fingerprint density at radius 1 is 1.50 bits per heavy atom. The number of nitrogens with zero attached hydrogens (tertiary/aromatic N) is 5. The van der Waals surface area contributed by atoms with Crippen molar-refractivity contribution in [1.29, 1.82) is 0 Å². The van der Waals surface area contributed by atoms with E-state index in [1.54, 1.807) is 5.01 Å². The minimum absolute atomic E-state index is 0.0542. The lowest BCUT2D eigenvalue weighted by atomic mass is 10.1. The molecule has 1 saturated heterocycles. The molecule has 3 atom stereocenters. The second-order valence-electron chi connectivity index (χ2n) is 6.98. The van der Waals surface area contributed by atoms with Crippen molar-refractivity contribution in [3.05, 3.63) is 35.9 Å². The summed E-state index contributed by atoms with van der Waals surface area (Å²) in [6, 6.07) is 1.23. The van der Waals surface area contributed by atoms with Crippen molar-refractivity contribution in [2.24, 2.45) is 10.1 Å². The number of nitrogens with one attached hydrogen (secondary N) is 1. The molecule has 156 valence electrons. The molecule has 4 rings (SSSR count). The Bertz CT molecular complexity index is 954. The number of hydrogen-bond acceptors (Lipinski definition) is 8. The molecule has 10 heteroatoms. The fraction of sp³-hybridized carbons (Fsp3) is 0.400. The number of amides is 1. The lowest BCUT2D eigenvalue weighted by molar-refractivity contribution is -0.110. The predicted octanol–water partition coefficient (Wildman–Crippen LogP) is 0.400. The lowest BCUT2D eigenvalue weighted by Gasteiger charge is -2.32. The second-order valence-corrected chi connectivity index (χ2v) is 6.98. The minimum Gasteiger partial charge on any atom is -0.475 e. The summed E-state index contributed by atoms with van der Waals surface area (Å²) in [6.07, 6.45) is 7.20. The van der Waals surface area contributed by atoms with Crippen LogP contribution in [0.2, 0.25) is 0 Å². The van der Waals surface area contributed by atoms with Crippen molar-refractivity contribution in [3.8, 4) is 17.7 Å². The van der Waals surface area contributed by atoms with Crippen molar-refractivity contribution >= 4 is 18.5 Å². The number of amidine groups is 1. The molecule has 2 N–H and O–H groups in total. The Labute approximate surface area is 172 Å². The van der Waals surface area contributed by atoms with E-state index in [4.69, 9.17) is 4.74 Å². The number of likely N-dealkylation sites (tertiary alicyclic amines) is 1. The molecule has 0 aliphatic carbocycles. The lowest BCUT2D eigenvalue weighted by Crippen LogP contribution is -2.37. The number of aromatic nitrogens is 1. The van der Waals surface area contributed by atoms with Gasteiger partial charge in [-0.05, 0) is 36.8 Å². The van der Waals surface area contributed by atoms with E-state index in [1.807, 2.05) is 12.3 Å². The molecule has 3 aliphatic heterocycles. The molecule has 0 spiro atoms. The highest BCUT2D eigenvalue weighted by Crippen LogP contribution is 2.37. The van der Waals surface area contributed by atoms with Gasteiger partial charge in [-0.3, -0.25) is 4.79 Å². The second kappa shape index (κ2) is 8.92. The van der Waals surface area contributed by atoms with Crippen LogP contribution in [0.1, 0.15) is 24.4 Å². The molecule has 3 aliphatic rings. The van der Waals surface area contributed by atoms with Crippen LogP contribution in [-0.2, 0) is 4.79 Å². The largest absolute Gasteiger partial charge is 0.475 e. The van der Waals surface area contributed by atoms with Gasteiger partial charge in [-0.15, -0.1) is 0 Å². The van der Waals surface area contributed by atoms with Gasteiger partial charge in [0.1, 0.15) is 24.4 Å². The van der Waals surface area contributed by atoms with E-state index >= 15 is 0 Å². The molecule has 0 saturated carbocycles. The first kappa shape index (κ1) is 19.8. The molecule has 9 nitrogen and oxygen atoms in total. The van der Waals surface area contributed by atoms with Crippen LogP contribution in [0, 0.1) is 17.7 Å². The van der Waals surface area contributed by atoms with Crippen molar-refractivity contribution in [2.75, 3.05) is 19.7 Å². The number of halogens is 1. The molecule has 0 aromatic carbocycles. The van der Waals surface area contributed by atoms with Gasteiger partial charge in [0.2, 0.25) is 18.5 Å². The molecule has 4 heterocycles. The Hall–Kier alpha value is -3.45. The summed E-state index contributed by atoms with van der Waals surface area (Å²) >= 11 is 0. The standard InChI is InChI=1S/C20H21FN6O3/c21-14-9-16(20(23-10-14)30-12-15(29)11-22-13-28)17-3-2-7-26(17)18-5-8-27-19(25-18)4-1-6-24-27/h5-6,8-10,13,15,17,19,29H,2-3,7,11-12H2,(H,22,28)/t15-,17-,19?/m1/s1.